The molecule has 0 amide bonds. The Morgan fingerprint density at radius 1 is 1.50 bits per heavy atom. The van der Waals surface area contributed by atoms with Crippen LogP contribution in [0.1, 0.15) is 18.9 Å². The van der Waals surface area contributed by atoms with Gasteiger partial charge in [0.05, 0.1) is 0 Å². The van der Waals surface area contributed by atoms with Crippen molar-refractivity contribution in [1.29, 1.82) is 0 Å². The van der Waals surface area contributed by atoms with Gasteiger partial charge < -0.3 is 5.11 Å². The van der Waals surface area contributed by atoms with Crippen LogP contribution in [0, 0.1) is 0 Å². The van der Waals surface area contributed by atoms with Crippen LogP contribution in [0.4, 0.5) is 0 Å². The minimum absolute atomic E-state index is 0.211. The SMILES string of the molecule is CSc1nc2c(=O)n(C)c(C(C)O)nc2s1. The lowest BCUT2D eigenvalue weighted by Gasteiger charge is -2.08. The molecule has 86 valence electrons. The Balaban J connectivity index is 2.80. The van der Waals surface area contributed by atoms with E-state index in [1.165, 1.54) is 27.7 Å². The average Bonchev–Trinajstić information content (AvgIpc) is 2.66. The zero-order valence-corrected chi connectivity index (χ0v) is 10.7. The van der Waals surface area contributed by atoms with E-state index in [1.807, 2.05) is 6.26 Å². The van der Waals surface area contributed by atoms with Gasteiger partial charge in [-0.3, -0.25) is 9.36 Å². The van der Waals surface area contributed by atoms with E-state index in [9.17, 15) is 9.90 Å². The van der Waals surface area contributed by atoms with E-state index in [-0.39, 0.29) is 5.56 Å². The van der Waals surface area contributed by atoms with Gasteiger partial charge in [0.2, 0.25) is 0 Å². The molecule has 2 rings (SSSR count). The van der Waals surface area contributed by atoms with Crippen LogP contribution in [0.3, 0.4) is 0 Å². The van der Waals surface area contributed by atoms with Crippen molar-refractivity contribution in [1.82, 2.24) is 14.5 Å². The molecule has 16 heavy (non-hydrogen) atoms. The topological polar surface area (TPSA) is 68.0 Å². The summed E-state index contributed by atoms with van der Waals surface area (Å²) in [6, 6.07) is 0. The summed E-state index contributed by atoms with van der Waals surface area (Å²) in [4.78, 5) is 21.0. The lowest BCUT2D eigenvalue weighted by molar-refractivity contribution is 0.184. The normalized spacial score (nSPS) is 13.2. The minimum atomic E-state index is -0.762. The molecule has 1 unspecified atom stereocenters. The Kier molecular flexibility index (Phi) is 3.00. The zero-order chi connectivity index (χ0) is 11.9. The highest BCUT2D eigenvalue weighted by Crippen LogP contribution is 2.25. The molecule has 0 bridgehead atoms. The van der Waals surface area contributed by atoms with Crippen LogP contribution in [0.15, 0.2) is 9.13 Å². The highest BCUT2D eigenvalue weighted by molar-refractivity contribution is 8.00. The summed E-state index contributed by atoms with van der Waals surface area (Å²) in [5, 5.41) is 9.51. The first kappa shape index (κ1) is 11.6. The van der Waals surface area contributed by atoms with Crippen molar-refractivity contribution in [3.63, 3.8) is 0 Å². The maximum atomic E-state index is 11.9. The Hall–Kier alpha value is -0.920. The molecule has 0 aliphatic heterocycles. The van der Waals surface area contributed by atoms with Gasteiger partial charge >= 0.3 is 0 Å². The van der Waals surface area contributed by atoms with Crippen molar-refractivity contribution in [2.45, 2.75) is 17.4 Å². The molecular weight excluding hydrogens is 246 g/mol. The number of aliphatic hydroxyl groups is 1. The molecule has 0 fully saturated rings. The molecular formula is C9H11N3O2S2. The second kappa shape index (κ2) is 4.15. The fourth-order valence-corrected chi connectivity index (χ4v) is 2.83. The largest absolute Gasteiger partial charge is 0.385 e. The van der Waals surface area contributed by atoms with E-state index < -0.39 is 6.10 Å². The number of thioether (sulfide) groups is 1. The van der Waals surface area contributed by atoms with Gasteiger partial charge in [0.15, 0.2) is 14.7 Å². The van der Waals surface area contributed by atoms with Crippen LogP contribution in [-0.4, -0.2) is 25.9 Å². The number of aliphatic hydroxyl groups excluding tert-OH is 1. The Morgan fingerprint density at radius 2 is 2.19 bits per heavy atom. The van der Waals surface area contributed by atoms with Gasteiger partial charge in [0.25, 0.3) is 5.56 Å². The van der Waals surface area contributed by atoms with Gasteiger partial charge in [-0.1, -0.05) is 23.1 Å². The number of thiazole rings is 1. The molecule has 1 atom stereocenters. The molecule has 0 aromatic carbocycles. The number of aromatic nitrogens is 3. The second-order valence-corrected chi connectivity index (χ2v) is 5.38. The van der Waals surface area contributed by atoms with Crippen molar-refractivity contribution in [3.8, 4) is 0 Å². The van der Waals surface area contributed by atoms with Crippen molar-refractivity contribution in [3.05, 3.63) is 16.2 Å². The molecule has 7 heteroatoms. The molecule has 0 radical (unpaired) electrons. The van der Waals surface area contributed by atoms with E-state index >= 15 is 0 Å². The fraction of sp³-hybridized carbons (Fsp3) is 0.444. The maximum Gasteiger partial charge on any atom is 0.280 e. The molecule has 1 N–H and O–H groups in total. The number of nitrogens with zero attached hydrogens (tertiary/aromatic N) is 3. The Morgan fingerprint density at radius 3 is 2.75 bits per heavy atom. The van der Waals surface area contributed by atoms with Crippen LogP contribution >= 0.6 is 23.1 Å². The van der Waals surface area contributed by atoms with Gasteiger partial charge in [-0.2, -0.15) is 0 Å². The van der Waals surface area contributed by atoms with E-state index in [0.717, 1.165) is 4.34 Å². The third-order valence-electron chi connectivity index (χ3n) is 2.20. The lowest BCUT2D eigenvalue weighted by Crippen LogP contribution is -2.23. The summed E-state index contributed by atoms with van der Waals surface area (Å²) in [6.45, 7) is 1.59. The summed E-state index contributed by atoms with van der Waals surface area (Å²) in [5.74, 6) is 0.369. The Bertz CT molecular complexity index is 588. The number of hydrogen-bond donors (Lipinski definition) is 1. The summed E-state index contributed by atoms with van der Waals surface area (Å²) in [5.41, 5.74) is 0.165. The molecule has 2 aromatic heterocycles. The highest BCUT2D eigenvalue weighted by Gasteiger charge is 2.15. The highest BCUT2D eigenvalue weighted by atomic mass is 32.2. The molecule has 0 saturated heterocycles. The van der Waals surface area contributed by atoms with Crippen molar-refractivity contribution >= 4 is 33.4 Å². The van der Waals surface area contributed by atoms with Crippen molar-refractivity contribution in [2.75, 3.05) is 6.26 Å². The average molecular weight is 257 g/mol. The minimum Gasteiger partial charge on any atom is -0.385 e. The van der Waals surface area contributed by atoms with Crippen LogP contribution in [-0.2, 0) is 7.05 Å². The first-order valence-corrected chi connectivity index (χ1v) is 6.68. The van der Waals surface area contributed by atoms with Gasteiger partial charge in [-0.15, -0.1) is 0 Å². The van der Waals surface area contributed by atoms with Gasteiger partial charge in [0.1, 0.15) is 11.9 Å². The molecule has 0 spiro atoms. The fourth-order valence-electron chi connectivity index (χ4n) is 1.41. The van der Waals surface area contributed by atoms with Gasteiger partial charge in [-0.05, 0) is 13.2 Å². The maximum absolute atomic E-state index is 11.9. The first-order chi connectivity index (χ1) is 7.54. The van der Waals surface area contributed by atoms with Crippen LogP contribution in [0.2, 0.25) is 0 Å². The molecule has 0 aliphatic carbocycles. The number of rotatable bonds is 2. The molecule has 5 nitrogen and oxygen atoms in total. The third kappa shape index (κ3) is 1.74. The summed E-state index contributed by atoms with van der Waals surface area (Å²) < 4.78 is 2.15. The zero-order valence-electron chi connectivity index (χ0n) is 9.09. The summed E-state index contributed by atoms with van der Waals surface area (Å²) >= 11 is 2.85. The molecule has 0 saturated carbocycles. The predicted molar refractivity (Wildman–Crippen MR) is 65.1 cm³/mol. The first-order valence-electron chi connectivity index (χ1n) is 4.64. The quantitative estimate of drug-likeness (QED) is 0.818. The van der Waals surface area contributed by atoms with Crippen LogP contribution in [0.25, 0.3) is 10.3 Å². The van der Waals surface area contributed by atoms with E-state index in [2.05, 4.69) is 9.97 Å². The number of fused-ring (bicyclic) bond motifs is 1. The molecule has 0 aliphatic rings. The van der Waals surface area contributed by atoms with Gasteiger partial charge in [-0.25, -0.2) is 9.97 Å². The predicted octanol–water partition coefficient (Wildman–Crippen LogP) is 1.17. The van der Waals surface area contributed by atoms with Crippen LogP contribution in [0.5, 0.6) is 0 Å². The standard InChI is InChI=1S/C9H11N3O2S2/c1-4(13)6-11-7-5(8(14)12(6)2)10-9(15-3)16-7/h4,13H,1-3H3. The Labute approximate surface area is 100 Å². The summed E-state index contributed by atoms with van der Waals surface area (Å²) in [6.07, 6.45) is 1.14. The van der Waals surface area contributed by atoms with E-state index in [4.69, 9.17) is 0 Å². The van der Waals surface area contributed by atoms with Gasteiger partial charge in [0, 0.05) is 7.05 Å². The smallest absolute Gasteiger partial charge is 0.280 e. The monoisotopic (exact) mass is 257 g/mol. The molecule has 2 aromatic rings. The van der Waals surface area contributed by atoms with Crippen molar-refractivity contribution < 1.29 is 5.11 Å². The van der Waals surface area contributed by atoms with E-state index in [1.54, 1.807) is 14.0 Å². The number of hydrogen-bond acceptors (Lipinski definition) is 6. The summed E-state index contributed by atoms with van der Waals surface area (Å²) in [7, 11) is 1.59. The third-order valence-corrected chi connectivity index (χ3v) is 4.14. The molecule has 2 heterocycles. The van der Waals surface area contributed by atoms with E-state index in [0.29, 0.717) is 16.2 Å². The lowest BCUT2D eigenvalue weighted by atomic mass is 10.3. The van der Waals surface area contributed by atoms with Crippen LogP contribution < -0.4 is 5.56 Å². The van der Waals surface area contributed by atoms with Crippen molar-refractivity contribution in [2.24, 2.45) is 7.05 Å². The second-order valence-electron chi connectivity index (χ2n) is 3.35.